The van der Waals surface area contributed by atoms with Gasteiger partial charge in [-0.2, -0.15) is 0 Å². The highest BCUT2D eigenvalue weighted by atomic mass is 32.1. The van der Waals surface area contributed by atoms with Gasteiger partial charge in [-0.25, -0.2) is 4.98 Å². The van der Waals surface area contributed by atoms with Gasteiger partial charge in [0.1, 0.15) is 10.8 Å². The molecule has 0 saturated carbocycles. The Morgan fingerprint density at radius 1 is 1.03 bits per heavy atom. The average molecular weight is 418 g/mol. The molecule has 0 radical (unpaired) electrons. The zero-order valence-corrected chi connectivity index (χ0v) is 16.7. The molecule has 0 aliphatic heterocycles. The van der Waals surface area contributed by atoms with E-state index in [4.69, 9.17) is 4.42 Å². The van der Waals surface area contributed by atoms with Gasteiger partial charge in [0.15, 0.2) is 0 Å². The lowest BCUT2D eigenvalue weighted by molar-refractivity contribution is -0.115. The van der Waals surface area contributed by atoms with E-state index < -0.39 is 0 Å². The van der Waals surface area contributed by atoms with Crippen molar-refractivity contribution in [3.8, 4) is 10.7 Å². The van der Waals surface area contributed by atoms with Gasteiger partial charge in [-0.1, -0.05) is 18.2 Å². The van der Waals surface area contributed by atoms with Crippen LogP contribution in [0, 0.1) is 0 Å². The number of carbonyl (C=O) groups excluding carboxylic acids is 2. The van der Waals surface area contributed by atoms with Gasteiger partial charge in [0.25, 0.3) is 5.91 Å². The van der Waals surface area contributed by atoms with E-state index in [0.29, 0.717) is 22.7 Å². The van der Waals surface area contributed by atoms with Crippen molar-refractivity contribution in [1.82, 2.24) is 15.3 Å². The molecule has 3 aromatic heterocycles. The maximum absolute atomic E-state index is 12.5. The van der Waals surface area contributed by atoms with E-state index in [0.717, 1.165) is 10.7 Å². The zero-order valence-electron chi connectivity index (χ0n) is 15.9. The minimum absolute atomic E-state index is 0.103. The van der Waals surface area contributed by atoms with Crippen LogP contribution >= 0.6 is 11.3 Å². The molecular formula is C22H18N4O3S. The van der Waals surface area contributed by atoms with Gasteiger partial charge in [0.05, 0.1) is 41.9 Å². The molecule has 0 aliphatic carbocycles. The fourth-order valence-corrected chi connectivity index (χ4v) is 3.62. The average Bonchev–Trinajstić information content (AvgIpc) is 3.45. The number of amides is 2. The molecule has 7 nitrogen and oxygen atoms in total. The summed E-state index contributed by atoms with van der Waals surface area (Å²) in [6.07, 6.45) is 3.36. The molecule has 0 saturated heterocycles. The Kier molecular flexibility index (Phi) is 5.95. The number of pyridine rings is 1. The number of nitrogens with one attached hydrogen (secondary N) is 2. The molecule has 150 valence electrons. The number of rotatable bonds is 7. The number of hydrogen-bond donors (Lipinski definition) is 2. The number of aromatic nitrogens is 2. The SMILES string of the molecule is O=C(Cc1csc(-c2ccccn2)n1)Nc1ccccc1C(=O)NCc1ccco1. The summed E-state index contributed by atoms with van der Waals surface area (Å²) < 4.78 is 5.22. The van der Waals surface area contributed by atoms with E-state index in [-0.39, 0.29) is 24.8 Å². The van der Waals surface area contributed by atoms with Crippen LogP contribution in [0.25, 0.3) is 10.7 Å². The fourth-order valence-electron chi connectivity index (χ4n) is 2.82. The van der Waals surface area contributed by atoms with Crippen LogP contribution < -0.4 is 10.6 Å². The first-order chi connectivity index (χ1) is 14.7. The number of nitrogens with zero attached hydrogens (tertiary/aromatic N) is 2. The second-order valence-electron chi connectivity index (χ2n) is 6.39. The van der Waals surface area contributed by atoms with Gasteiger partial charge >= 0.3 is 0 Å². The maximum atomic E-state index is 12.5. The topological polar surface area (TPSA) is 97.1 Å². The van der Waals surface area contributed by atoms with Crippen molar-refractivity contribution in [2.45, 2.75) is 13.0 Å². The van der Waals surface area contributed by atoms with Crippen LogP contribution in [0.5, 0.6) is 0 Å². The van der Waals surface area contributed by atoms with Crippen molar-refractivity contribution < 1.29 is 14.0 Å². The maximum Gasteiger partial charge on any atom is 0.253 e. The predicted octanol–water partition coefficient (Wildman–Crippen LogP) is 3.91. The molecule has 2 N–H and O–H groups in total. The van der Waals surface area contributed by atoms with Crippen LogP contribution in [-0.4, -0.2) is 21.8 Å². The van der Waals surface area contributed by atoms with E-state index in [2.05, 4.69) is 20.6 Å². The molecular weight excluding hydrogens is 400 g/mol. The van der Waals surface area contributed by atoms with Gasteiger partial charge in [-0.3, -0.25) is 14.6 Å². The number of furan rings is 1. The third-order valence-electron chi connectivity index (χ3n) is 4.23. The van der Waals surface area contributed by atoms with E-state index >= 15 is 0 Å². The van der Waals surface area contributed by atoms with Crippen LogP contribution in [0.2, 0.25) is 0 Å². The molecule has 0 spiro atoms. The first-order valence-electron chi connectivity index (χ1n) is 9.24. The lowest BCUT2D eigenvalue weighted by Gasteiger charge is -2.10. The molecule has 2 amide bonds. The lowest BCUT2D eigenvalue weighted by atomic mass is 10.1. The molecule has 1 aromatic carbocycles. The van der Waals surface area contributed by atoms with Crippen molar-refractivity contribution in [3.63, 3.8) is 0 Å². The summed E-state index contributed by atoms with van der Waals surface area (Å²) >= 11 is 1.44. The van der Waals surface area contributed by atoms with Gasteiger partial charge in [0, 0.05) is 11.6 Å². The monoisotopic (exact) mass is 418 g/mol. The molecule has 0 aliphatic rings. The number of para-hydroxylation sites is 1. The highest BCUT2D eigenvalue weighted by Crippen LogP contribution is 2.22. The molecule has 0 fully saturated rings. The van der Waals surface area contributed by atoms with Crippen molar-refractivity contribution in [1.29, 1.82) is 0 Å². The van der Waals surface area contributed by atoms with Crippen LogP contribution in [0.1, 0.15) is 21.8 Å². The Labute approximate surface area is 176 Å². The Hall–Kier alpha value is -3.78. The molecule has 30 heavy (non-hydrogen) atoms. The Morgan fingerprint density at radius 3 is 2.70 bits per heavy atom. The summed E-state index contributed by atoms with van der Waals surface area (Å²) in [5.41, 5.74) is 2.25. The summed E-state index contributed by atoms with van der Waals surface area (Å²) in [7, 11) is 0. The number of carbonyl (C=O) groups is 2. The van der Waals surface area contributed by atoms with Crippen molar-refractivity contribution in [2.24, 2.45) is 0 Å². The quantitative estimate of drug-likeness (QED) is 0.474. The second kappa shape index (κ2) is 9.15. The predicted molar refractivity (Wildman–Crippen MR) is 114 cm³/mol. The van der Waals surface area contributed by atoms with Gasteiger partial charge in [0.2, 0.25) is 5.91 Å². The first-order valence-corrected chi connectivity index (χ1v) is 10.1. The van der Waals surface area contributed by atoms with Crippen LogP contribution in [-0.2, 0) is 17.8 Å². The van der Waals surface area contributed by atoms with E-state index in [1.54, 1.807) is 48.9 Å². The number of thiazole rings is 1. The smallest absolute Gasteiger partial charge is 0.253 e. The summed E-state index contributed by atoms with van der Waals surface area (Å²) in [6.45, 7) is 0.267. The number of benzene rings is 1. The number of hydrogen-bond acceptors (Lipinski definition) is 6. The summed E-state index contributed by atoms with van der Waals surface area (Å²) in [6, 6.07) is 16.0. The molecule has 4 aromatic rings. The minimum atomic E-state index is -0.298. The lowest BCUT2D eigenvalue weighted by Crippen LogP contribution is -2.25. The van der Waals surface area contributed by atoms with E-state index in [9.17, 15) is 9.59 Å². The third-order valence-corrected chi connectivity index (χ3v) is 5.14. The van der Waals surface area contributed by atoms with Gasteiger partial charge < -0.3 is 15.1 Å². The summed E-state index contributed by atoms with van der Waals surface area (Å²) in [5.74, 6) is 0.102. The molecule has 3 heterocycles. The summed E-state index contributed by atoms with van der Waals surface area (Å²) in [5, 5.41) is 8.19. The molecule has 0 unspecified atom stereocenters. The summed E-state index contributed by atoms with van der Waals surface area (Å²) in [4.78, 5) is 33.8. The third kappa shape index (κ3) is 4.79. The Morgan fingerprint density at radius 2 is 1.90 bits per heavy atom. The Balaban J connectivity index is 1.40. The highest BCUT2D eigenvalue weighted by molar-refractivity contribution is 7.13. The normalized spacial score (nSPS) is 10.5. The van der Waals surface area contributed by atoms with Crippen molar-refractivity contribution in [3.05, 3.63) is 89.5 Å². The fraction of sp³-hybridized carbons (Fsp3) is 0.0909. The molecule has 8 heteroatoms. The number of anilines is 1. The zero-order chi connectivity index (χ0) is 20.8. The van der Waals surface area contributed by atoms with Crippen LogP contribution in [0.4, 0.5) is 5.69 Å². The second-order valence-corrected chi connectivity index (χ2v) is 7.25. The molecule has 4 rings (SSSR count). The van der Waals surface area contributed by atoms with Crippen molar-refractivity contribution in [2.75, 3.05) is 5.32 Å². The molecule has 0 atom stereocenters. The van der Waals surface area contributed by atoms with E-state index in [1.807, 2.05) is 23.6 Å². The van der Waals surface area contributed by atoms with Crippen molar-refractivity contribution >= 4 is 28.8 Å². The van der Waals surface area contributed by atoms with E-state index in [1.165, 1.54) is 11.3 Å². The Bertz CT molecular complexity index is 1140. The van der Waals surface area contributed by atoms with Crippen LogP contribution in [0.15, 0.2) is 76.9 Å². The largest absolute Gasteiger partial charge is 0.467 e. The molecule has 0 bridgehead atoms. The first kappa shape index (κ1) is 19.5. The highest BCUT2D eigenvalue weighted by Gasteiger charge is 2.15. The van der Waals surface area contributed by atoms with Crippen LogP contribution in [0.3, 0.4) is 0 Å². The standard InChI is InChI=1S/C22H18N4O3S/c27-20(12-15-14-30-22(25-15)19-9-3-4-10-23-19)26-18-8-2-1-7-17(18)21(28)24-13-16-6-5-11-29-16/h1-11,14H,12-13H2,(H,24,28)(H,26,27). The minimum Gasteiger partial charge on any atom is -0.467 e. The van der Waals surface area contributed by atoms with Gasteiger partial charge in [-0.15, -0.1) is 11.3 Å². The van der Waals surface area contributed by atoms with Gasteiger partial charge in [-0.05, 0) is 36.4 Å².